The van der Waals surface area contributed by atoms with E-state index in [4.69, 9.17) is 16.3 Å². The molecular weight excluding hydrogens is 251 g/mol. The standard InChI is InChI=1S/C10H12BrClO/c1-6(2)13-10-7(3)9(12)5-4-8(10)11/h4-6H,1-3H3. The molecule has 13 heavy (non-hydrogen) atoms. The maximum Gasteiger partial charge on any atom is 0.138 e. The van der Waals surface area contributed by atoms with Crippen molar-refractivity contribution in [2.75, 3.05) is 0 Å². The first-order valence-electron chi connectivity index (χ1n) is 4.13. The fraction of sp³-hybridized carbons (Fsp3) is 0.400. The second-order valence-corrected chi connectivity index (χ2v) is 4.41. The normalized spacial score (nSPS) is 10.6. The number of hydrogen-bond acceptors (Lipinski definition) is 1. The van der Waals surface area contributed by atoms with Crippen LogP contribution >= 0.6 is 27.5 Å². The van der Waals surface area contributed by atoms with Crippen LogP contribution < -0.4 is 4.74 Å². The van der Waals surface area contributed by atoms with Gasteiger partial charge in [0.25, 0.3) is 0 Å². The van der Waals surface area contributed by atoms with Gasteiger partial charge in [-0.05, 0) is 48.8 Å². The van der Waals surface area contributed by atoms with Crippen molar-refractivity contribution in [1.29, 1.82) is 0 Å². The first-order chi connectivity index (χ1) is 6.02. The number of benzene rings is 1. The van der Waals surface area contributed by atoms with Crippen molar-refractivity contribution < 1.29 is 4.74 Å². The zero-order valence-electron chi connectivity index (χ0n) is 7.90. The van der Waals surface area contributed by atoms with Crippen LogP contribution in [0, 0.1) is 6.92 Å². The molecule has 0 bridgehead atoms. The molecule has 0 saturated heterocycles. The fourth-order valence-corrected chi connectivity index (χ4v) is 1.69. The summed E-state index contributed by atoms with van der Waals surface area (Å²) in [6.07, 6.45) is 0.161. The van der Waals surface area contributed by atoms with Crippen LogP contribution in [0.4, 0.5) is 0 Å². The van der Waals surface area contributed by atoms with Gasteiger partial charge in [0.15, 0.2) is 0 Å². The second-order valence-electron chi connectivity index (χ2n) is 3.15. The summed E-state index contributed by atoms with van der Waals surface area (Å²) in [4.78, 5) is 0. The smallest absolute Gasteiger partial charge is 0.138 e. The van der Waals surface area contributed by atoms with Crippen LogP contribution in [-0.2, 0) is 0 Å². The molecule has 0 heterocycles. The summed E-state index contributed by atoms with van der Waals surface area (Å²) in [6, 6.07) is 3.75. The van der Waals surface area contributed by atoms with E-state index >= 15 is 0 Å². The molecule has 0 aromatic heterocycles. The third-order valence-electron chi connectivity index (χ3n) is 1.65. The minimum absolute atomic E-state index is 0.161. The monoisotopic (exact) mass is 262 g/mol. The van der Waals surface area contributed by atoms with Crippen LogP contribution in [0.15, 0.2) is 16.6 Å². The SMILES string of the molecule is Cc1c(Cl)ccc(Br)c1OC(C)C. The molecule has 72 valence electrons. The molecule has 0 saturated carbocycles. The van der Waals surface area contributed by atoms with E-state index in [1.807, 2.05) is 32.9 Å². The largest absolute Gasteiger partial charge is 0.489 e. The lowest BCUT2D eigenvalue weighted by Crippen LogP contribution is -2.07. The Balaban J connectivity index is 3.10. The quantitative estimate of drug-likeness (QED) is 0.777. The zero-order valence-corrected chi connectivity index (χ0v) is 10.2. The molecule has 0 unspecified atom stereocenters. The molecule has 0 amide bonds. The predicted molar refractivity (Wildman–Crippen MR) is 59.7 cm³/mol. The fourth-order valence-electron chi connectivity index (χ4n) is 1.01. The van der Waals surface area contributed by atoms with Gasteiger partial charge < -0.3 is 4.74 Å². The number of halogens is 2. The highest BCUT2D eigenvalue weighted by atomic mass is 79.9. The van der Waals surface area contributed by atoms with Crippen molar-refractivity contribution >= 4 is 27.5 Å². The second kappa shape index (κ2) is 4.34. The average molecular weight is 264 g/mol. The zero-order chi connectivity index (χ0) is 10.0. The van der Waals surface area contributed by atoms with Crippen molar-refractivity contribution in [3.05, 3.63) is 27.2 Å². The van der Waals surface area contributed by atoms with Crippen LogP contribution in [0.2, 0.25) is 5.02 Å². The minimum atomic E-state index is 0.161. The first-order valence-corrected chi connectivity index (χ1v) is 5.30. The Bertz CT molecular complexity index is 310. The summed E-state index contributed by atoms with van der Waals surface area (Å²) in [5.41, 5.74) is 0.977. The molecule has 1 aromatic rings. The van der Waals surface area contributed by atoms with E-state index in [2.05, 4.69) is 15.9 Å². The summed E-state index contributed by atoms with van der Waals surface area (Å²) in [6.45, 7) is 5.93. The molecule has 3 heteroatoms. The lowest BCUT2D eigenvalue weighted by atomic mass is 10.2. The van der Waals surface area contributed by atoms with Crippen LogP contribution in [-0.4, -0.2) is 6.10 Å². The number of rotatable bonds is 2. The highest BCUT2D eigenvalue weighted by Gasteiger charge is 2.09. The van der Waals surface area contributed by atoms with E-state index in [0.717, 1.165) is 20.8 Å². The van der Waals surface area contributed by atoms with E-state index in [1.54, 1.807) is 0 Å². The van der Waals surface area contributed by atoms with E-state index < -0.39 is 0 Å². The average Bonchev–Trinajstić information content (AvgIpc) is 2.05. The highest BCUT2D eigenvalue weighted by molar-refractivity contribution is 9.10. The van der Waals surface area contributed by atoms with Gasteiger partial charge in [0, 0.05) is 10.6 Å². The Morgan fingerprint density at radius 3 is 2.54 bits per heavy atom. The van der Waals surface area contributed by atoms with Gasteiger partial charge in [-0.15, -0.1) is 0 Å². The Hall–Kier alpha value is -0.210. The van der Waals surface area contributed by atoms with Gasteiger partial charge in [0.2, 0.25) is 0 Å². The number of hydrogen-bond donors (Lipinski definition) is 0. The van der Waals surface area contributed by atoms with E-state index in [-0.39, 0.29) is 6.10 Å². The molecule has 0 atom stereocenters. The molecule has 0 radical (unpaired) electrons. The molecular formula is C10H12BrClO. The van der Waals surface area contributed by atoms with Crippen molar-refractivity contribution in [3.63, 3.8) is 0 Å². The summed E-state index contributed by atoms with van der Waals surface area (Å²) in [5.74, 6) is 0.836. The highest BCUT2D eigenvalue weighted by Crippen LogP contribution is 2.33. The van der Waals surface area contributed by atoms with E-state index in [1.165, 1.54) is 0 Å². The molecule has 0 aliphatic heterocycles. The Morgan fingerprint density at radius 2 is 2.00 bits per heavy atom. The summed E-state index contributed by atoms with van der Waals surface area (Å²) >= 11 is 9.39. The van der Waals surface area contributed by atoms with Gasteiger partial charge in [-0.1, -0.05) is 11.6 Å². The third kappa shape index (κ3) is 2.61. The van der Waals surface area contributed by atoms with Gasteiger partial charge >= 0.3 is 0 Å². The summed E-state index contributed by atoms with van der Waals surface area (Å²) in [5, 5.41) is 0.735. The molecule has 0 spiro atoms. The molecule has 0 fully saturated rings. The molecule has 0 N–H and O–H groups in total. The van der Waals surface area contributed by atoms with Gasteiger partial charge in [0.1, 0.15) is 5.75 Å². The van der Waals surface area contributed by atoms with Crippen molar-refractivity contribution in [2.24, 2.45) is 0 Å². The van der Waals surface area contributed by atoms with E-state index in [9.17, 15) is 0 Å². The van der Waals surface area contributed by atoms with Crippen molar-refractivity contribution in [1.82, 2.24) is 0 Å². The maximum atomic E-state index is 5.97. The van der Waals surface area contributed by atoms with E-state index in [0.29, 0.717) is 0 Å². The molecule has 1 aromatic carbocycles. The van der Waals surface area contributed by atoms with Gasteiger partial charge in [0.05, 0.1) is 10.6 Å². The summed E-state index contributed by atoms with van der Waals surface area (Å²) < 4.78 is 6.57. The van der Waals surface area contributed by atoms with Crippen molar-refractivity contribution in [3.8, 4) is 5.75 Å². The lowest BCUT2D eigenvalue weighted by molar-refractivity contribution is 0.239. The minimum Gasteiger partial charge on any atom is -0.489 e. The number of ether oxygens (including phenoxy) is 1. The molecule has 0 aliphatic carbocycles. The first kappa shape index (κ1) is 10.9. The topological polar surface area (TPSA) is 9.23 Å². The van der Waals surface area contributed by atoms with Crippen LogP contribution in [0.25, 0.3) is 0 Å². The molecule has 1 nitrogen and oxygen atoms in total. The third-order valence-corrected chi connectivity index (χ3v) is 2.68. The van der Waals surface area contributed by atoms with Crippen molar-refractivity contribution in [2.45, 2.75) is 26.9 Å². The van der Waals surface area contributed by atoms with Gasteiger partial charge in [-0.25, -0.2) is 0 Å². The van der Waals surface area contributed by atoms with Gasteiger partial charge in [-0.3, -0.25) is 0 Å². The van der Waals surface area contributed by atoms with Crippen LogP contribution in [0.5, 0.6) is 5.75 Å². The van der Waals surface area contributed by atoms with Gasteiger partial charge in [-0.2, -0.15) is 0 Å². The maximum absolute atomic E-state index is 5.97. The predicted octanol–water partition coefficient (Wildman–Crippen LogP) is 4.20. The molecule has 1 rings (SSSR count). The Kier molecular flexibility index (Phi) is 3.63. The van der Waals surface area contributed by atoms with Crippen LogP contribution in [0.3, 0.4) is 0 Å². The Morgan fingerprint density at radius 1 is 1.38 bits per heavy atom. The lowest BCUT2D eigenvalue weighted by Gasteiger charge is -2.14. The summed E-state index contributed by atoms with van der Waals surface area (Å²) in [7, 11) is 0. The molecule has 0 aliphatic rings. The van der Waals surface area contributed by atoms with Crippen LogP contribution in [0.1, 0.15) is 19.4 Å². The Labute approximate surface area is 92.2 Å².